The van der Waals surface area contributed by atoms with Crippen molar-refractivity contribution in [2.24, 2.45) is 5.73 Å². The van der Waals surface area contributed by atoms with Gasteiger partial charge in [0.15, 0.2) is 0 Å². The number of hydrogen-bond donors (Lipinski definition) is 2. The fourth-order valence-corrected chi connectivity index (χ4v) is 2.72. The Morgan fingerprint density at radius 1 is 1.30 bits per heavy atom. The summed E-state index contributed by atoms with van der Waals surface area (Å²) in [5.41, 5.74) is 6.62. The average Bonchev–Trinajstić information content (AvgIpc) is 2.52. The highest BCUT2D eigenvalue weighted by Crippen LogP contribution is 2.20. The van der Waals surface area contributed by atoms with Crippen molar-refractivity contribution in [2.75, 3.05) is 37.6 Å². The molecule has 6 nitrogen and oxygen atoms in total. The molecule has 0 saturated carbocycles. The van der Waals surface area contributed by atoms with Gasteiger partial charge in [-0.2, -0.15) is 0 Å². The van der Waals surface area contributed by atoms with Gasteiger partial charge in [0.05, 0.1) is 6.54 Å². The van der Waals surface area contributed by atoms with Crippen LogP contribution in [0.1, 0.15) is 13.3 Å². The van der Waals surface area contributed by atoms with E-state index >= 15 is 0 Å². The quantitative estimate of drug-likeness (QED) is 0.834. The molecule has 0 bridgehead atoms. The lowest BCUT2D eigenvalue weighted by molar-refractivity contribution is -0.133. The second-order valence-electron chi connectivity index (χ2n) is 5.81. The number of hydrogen-bond acceptors (Lipinski definition) is 4. The predicted octanol–water partition coefficient (Wildman–Crippen LogP) is 0.842. The van der Waals surface area contributed by atoms with Crippen molar-refractivity contribution in [1.29, 1.82) is 0 Å². The smallest absolute Gasteiger partial charge is 0.242 e. The average molecular weight is 339 g/mol. The summed E-state index contributed by atoms with van der Waals surface area (Å²) in [5, 5.41) is 3.33. The van der Waals surface area contributed by atoms with E-state index in [1.807, 2.05) is 24.3 Å². The van der Waals surface area contributed by atoms with Gasteiger partial charge in [-0.15, -0.1) is 0 Å². The van der Waals surface area contributed by atoms with Crippen LogP contribution in [0, 0.1) is 0 Å². The molecule has 126 valence electrons. The van der Waals surface area contributed by atoms with Gasteiger partial charge in [0.25, 0.3) is 0 Å². The molecule has 1 fully saturated rings. The molecule has 7 heteroatoms. The molecule has 1 aromatic rings. The maximum atomic E-state index is 12.1. The lowest BCUT2D eigenvalue weighted by atomic mass is 10.2. The summed E-state index contributed by atoms with van der Waals surface area (Å²) in [6.07, 6.45) is 0.232. The monoisotopic (exact) mass is 338 g/mol. The van der Waals surface area contributed by atoms with E-state index in [0.29, 0.717) is 18.1 Å². The van der Waals surface area contributed by atoms with Crippen molar-refractivity contribution >= 4 is 29.1 Å². The molecule has 0 aromatic heterocycles. The SMILES string of the molecule is CC(N)CC(=O)NCC(=O)N1CCN(c2cccc(Cl)c2)CC1. The number of nitrogens with one attached hydrogen (secondary N) is 1. The predicted molar refractivity (Wildman–Crippen MR) is 91.5 cm³/mol. The van der Waals surface area contributed by atoms with E-state index in [1.165, 1.54) is 0 Å². The fraction of sp³-hybridized carbons (Fsp3) is 0.500. The van der Waals surface area contributed by atoms with E-state index in [9.17, 15) is 9.59 Å². The number of benzene rings is 1. The molecule has 2 rings (SSSR count). The Morgan fingerprint density at radius 3 is 2.61 bits per heavy atom. The van der Waals surface area contributed by atoms with E-state index in [2.05, 4.69) is 10.2 Å². The van der Waals surface area contributed by atoms with Crippen LogP contribution in [0.25, 0.3) is 0 Å². The Bertz CT molecular complexity index is 557. The van der Waals surface area contributed by atoms with Gasteiger partial charge < -0.3 is 20.9 Å². The van der Waals surface area contributed by atoms with Crippen molar-refractivity contribution in [3.8, 4) is 0 Å². The van der Waals surface area contributed by atoms with Crippen LogP contribution < -0.4 is 16.0 Å². The standard InChI is InChI=1S/C16H23ClN4O2/c1-12(18)9-15(22)19-11-16(23)21-7-5-20(6-8-21)14-4-2-3-13(17)10-14/h2-4,10,12H,5-9,11,18H2,1H3,(H,19,22). The van der Waals surface area contributed by atoms with Gasteiger partial charge in [0, 0.05) is 49.4 Å². The number of halogens is 1. The van der Waals surface area contributed by atoms with Crippen LogP contribution in [0.15, 0.2) is 24.3 Å². The summed E-state index contributed by atoms with van der Waals surface area (Å²) in [4.78, 5) is 27.6. The third-order valence-corrected chi connectivity index (χ3v) is 3.98. The summed E-state index contributed by atoms with van der Waals surface area (Å²) in [7, 11) is 0. The number of carbonyl (C=O) groups excluding carboxylic acids is 2. The van der Waals surface area contributed by atoms with Gasteiger partial charge in [-0.1, -0.05) is 17.7 Å². The van der Waals surface area contributed by atoms with Crippen molar-refractivity contribution in [3.05, 3.63) is 29.3 Å². The van der Waals surface area contributed by atoms with Crippen molar-refractivity contribution < 1.29 is 9.59 Å². The van der Waals surface area contributed by atoms with E-state index in [-0.39, 0.29) is 30.8 Å². The molecule has 1 aliphatic heterocycles. The number of piperazine rings is 1. The maximum absolute atomic E-state index is 12.1. The summed E-state index contributed by atoms with van der Waals surface area (Å²) in [6.45, 7) is 4.56. The fourth-order valence-electron chi connectivity index (χ4n) is 2.54. The molecule has 2 amide bonds. The molecule has 1 heterocycles. The third kappa shape index (κ3) is 5.41. The largest absolute Gasteiger partial charge is 0.368 e. The minimum atomic E-state index is -0.202. The van der Waals surface area contributed by atoms with Gasteiger partial charge in [-0.05, 0) is 25.1 Å². The zero-order valence-electron chi connectivity index (χ0n) is 13.3. The molecular formula is C16H23ClN4O2. The molecule has 1 aliphatic rings. The molecule has 3 N–H and O–H groups in total. The number of rotatable bonds is 5. The number of amides is 2. The Kier molecular flexibility index (Phi) is 6.24. The van der Waals surface area contributed by atoms with Gasteiger partial charge in [-0.25, -0.2) is 0 Å². The summed E-state index contributed by atoms with van der Waals surface area (Å²) >= 11 is 6.01. The second-order valence-corrected chi connectivity index (χ2v) is 6.24. The first-order valence-electron chi connectivity index (χ1n) is 7.76. The highest BCUT2D eigenvalue weighted by Gasteiger charge is 2.21. The molecule has 1 saturated heterocycles. The van der Waals surface area contributed by atoms with E-state index in [1.54, 1.807) is 11.8 Å². The van der Waals surface area contributed by atoms with Gasteiger partial charge in [-0.3, -0.25) is 9.59 Å². The number of nitrogens with zero attached hydrogens (tertiary/aromatic N) is 2. The highest BCUT2D eigenvalue weighted by atomic mass is 35.5. The first-order chi connectivity index (χ1) is 11.0. The van der Waals surface area contributed by atoms with Crippen LogP contribution in [0.2, 0.25) is 5.02 Å². The minimum absolute atomic E-state index is 0.0305. The summed E-state index contributed by atoms with van der Waals surface area (Å²) in [5.74, 6) is -0.250. The second kappa shape index (κ2) is 8.17. The summed E-state index contributed by atoms with van der Waals surface area (Å²) < 4.78 is 0. The van der Waals surface area contributed by atoms with E-state index in [0.717, 1.165) is 18.8 Å². The highest BCUT2D eigenvalue weighted by molar-refractivity contribution is 6.30. The molecular weight excluding hydrogens is 316 g/mol. The number of nitrogens with two attached hydrogens (primary N) is 1. The van der Waals surface area contributed by atoms with Crippen molar-refractivity contribution in [2.45, 2.75) is 19.4 Å². The minimum Gasteiger partial charge on any atom is -0.368 e. The molecule has 1 unspecified atom stereocenters. The lowest BCUT2D eigenvalue weighted by Gasteiger charge is -2.36. The van der Waals surface area contributed by atoms with Crippen LogP contribution in [0.5, 0.6) is 0 Å². The number of anilines is 1. The van der Waals surface area contributed by atoms with E-state index in [4.69, 9.17) is 17.3 Å². The Morgan fingerprint density at radius 2 is 2.00 bits per heavy atom. The van der Waals surface area contributed by atoms with Gasteiger partial charge >= 0.3 is 0 Å². The molecule has 0 aliphatic carbocycles. The third-order valence-electron chi connectivity index (χ3n) is 3.75. The molecule has 23 heavy (non-hydrogen) atoms. The van der Waals surface area contributed by atoms with Gasteiger partial charge in [0.2, 0.25) is 11.8 Å². The molecule has 1 atom stereocenters. The number of carbonyl (C=O) groups is 2. The first kappa shape index (κ1) is 17.6. The van der Waals surface area contributed by atoms with Crippen molar-refractivity contribution in [1.82, 2.24) is 10.2 Å². The Labute approximate surface area is 141 Å². The molecule has 0 radical (unpaired) electrons. The van der Waals surface area contributed by atoms with Crippen molar-refractivity contribution in [3.63, 3.8) is 0 Å². The van der Waals surface area contributed by atoms with Crippen LogP contribution in [-0.2, 0) is 9.59 Å². The normalized spacial score (nSPS) is 16.1. The van der Waals surface area contributed by atoms with Crippen LogP contribution >= 0.6 is 11.6 Å². The summed E-state index contributed by atoms with van der Waals surface area (Å²) in [6, 6.07) is 7.50. The molecule has 0 spiro atoms. The van der Waals surface area contributed by atoms with E-state index < -0.39 is 0 Å². The maximum Gasteiger partial charge on any atom is 0.242 e. The van der Waals surface area contributed by atoms with Gasteiger partial charge in [0.1, 0.15) is 0 Å². The first-order valence-corrected chi connectivity index (χ1v) is 8.14. The molecule has 1 aromatic carbocycles. The Balaban J connectivity index is 1.77. The van der Waals surface area contributed by atoms with Crippen LogP contribution in [0.3, 0.4) is 0 Å². The van der Waals surface area contributed by atoms with Crippen LogP contribution in [-0.4, -0.2) is 55.5 Å². The lowest BCUT2D eigenvalue weighted by Crippen LogP contribution is -2.51. The Hall–Kier alpha value is -1.79. The zero-order chi connectivity index (χ0) is 16.8. The topological polar surface area (TPSA) is 78.7 Å². The van der Waals surface area contributed by atoms with Crippen LogP contribution in [0.4, 0.5) is 5.69 Å². The zero-order valence-corrected chi connectivity index (χ0v) is 14.1.